The molecule has 4 rings (SSSR count). The van der Waals surface area contributed by atoms with E-state index < -0.39 is 17.9 Å². The summed E-state index contributed by atoms with van der Waals surface area (Å²) < 4.78 is 33.0. The Hall–Kier alpha value is -5.15. The highest BCUT2D eigenvalue weighted by molar-refractivity contribution is 5.92. The summed E-state index contributed by atoms with van der Waals surface area (Å²) in [5.41, 5.74) is 3.17. The first-order valence-corrected chi connectivity index (χ1v) is 12.9. The Morgan fingerprint density at radius 2 is 1.31 bits per heavy atom. The van der Waals surface area contributed by atoms with Crippen molar-refractivity contribution >= 4 is 17.9 Å². The highest BCUT2D eigenvalue weighted by Gasteiger charge is 2.24. The maximum absolute atomic E-state index is 12.4. The van der Waals surface area contributed by atoms with Crippen LogP contribution < -0.4 is 23.7 Å². The van der Waals surface area contributed by atoms with Crippen LogP contribution in [0.2, 0.25) is 0 Å². The van der Waals surface area contributed by atoms with E-state index in [0.717, 1.165) is 17.2 Å². The number of hydrogen-bond acceptors (Lipinski definition) is 9. The molecule has 1 saturated heterocycles. The van der Waals surface area contributed by atoms with Gasteiger partial charge in [0.1, 0.15) is 18.5 Å². The molecule has 42 heavy (non-hydrogen) atoms. The summed E-state index contributed by atoms with van der Waals surface area (Å²) in [5.74, 6) is -0.733. The Bertz CT molecular complexity index is 1580. The zero-order chi connectivity index (χ0) is 30.4. The highest BCUT2D eigenvalue weighted by atomic mass is 16.6. The summed E-state index contributed by atoms with van der Waals surface area (Å²) in [6.07, 6.45) is 1.06. The molecule has 1 aliphatic rings. The summed E-state index contributed by atoms with van der Waals surface area (Å²) in [4.78, 5) is 36.4. The van der Waals surface area contributed by atoms with Crippen LogP contribution in [0.25, 0.3) is 22.3 Å². The second-order valence-electron chi connectivity index (χ2n) is 9.47. The smallest absolute Gasteiger partial charge is 0.338 e. The van der Waals surface area contributed by atoms with Gasteiger partial charge in [-0.15, -0.1) is 0 Å². The molecule has 1 atom stereocenters. The molecule has 1 heterocycles. The number of benzene rings is 3. The lowest BCUT2D eigenvalue weighted by molar-refractivity contribution is -0.132. The number of epoxide rings is 1. The van der Waals surface area contributed by atoms with Crippen molar-refractivity contribution in [3.8, 4) is 51.0 Å². The molecule has 0 aromatic heterocycles. The van der Waals surface area contributed by atoms with Gasteiger partial charge in [-0.25, -0.2) is 14.4 Å². The monoisotopic (exact) mass is 570 g/mol. The third-order valence-corrected chi connectivity index (χ3v) is 6.04. The molecule has 0 amide bonds. The van der Waals surface area contributed by atoms with Crippen molar-refractivity contribution in [3.05, 3.63) is 91.6 Å². The van der Waals surface area contributed by atoms with Gasteiger partial charge in [-0.2, -0.15) is 0 Å². The van der Waals surface area contributed by atoms with Crippen LogP contribution in [0.4, 0.5) is 0 Å². The minimum Gasteiger partial charge on any atom is -0.493 e. The fraction of sp³-hybridized carbons (Fsp3) is 0.182. The van der Waals surface area contributed by atoms with Crippen LogP contribution in [-0.2, 0) is 19.1 Å². The summed E-state index contributed by atoms with van der Waals surface area (Å²) >= 11 is 0. The van der Waals surface area contributed by atoms with Crippen LogP contribution in [0.1, 0.15) is 13.8 Å². The zero-order valence-electron chi connectivity index (χ0n) is 23.6. The minimum absolute atomic E-state index is 0.0107. The van der Waals surface area contributed by atoms with Crippen molar-refractivity contribution in [2.45, 2.75) is 20.0 Å². The zero-order valence-corrected chi connectivity index (χ0v) is 23.6. The predicted molar refractivity (Wildman–Crippen MR) is 156 cm³/mol. The standard InChI is InChI=1S/C33H30O9/c1-7-31(34)40-29-15-22(9-12-26(29)37-6)21-8-11-25(28(14-21)39-18-24-17-38-24)23-10-13-27(41-32(35)19(2)3)30(16-23)42-33(36)20(4)5/h7-16,24H,1-2,4,17-18H2,3,5-6H3. The van der Waals surface area contributed by atoms with E-state index in [1.165, 1.54) is 27.0 Å². The summed E-state index contributed by atoms with van der Waals surface area (Å²) in [5, 5.41) is 0. The van der Waals surface area contributed by atoms with Crippen LogP contribution in [0.5, 0.6) is 28.7 Å². The Labute approximate surface area is 243 Å². The topological polar surface area (TPSA) is 110 Å². The largest absolute Gasteiger partial charge is 0.493 e. The van der Waals surface area contributed by atoms with Gasteiger partial charge in [-0.3, -0.25) is 0 Å². The van der Waals surface area contributed by atoms with E-state index in [2.05, 4.69) is 19.7 Å². The fourth-order valence-electron chi connectivity index (χ4n) is 3.71. The molecule has 1 fully saturated rings. The first-order chi connectivity index (χ1) is 20.1. The first-order valence-electron chi connectivity index (χ1n) is 12.9. The summed E-state index contributed by atoms with van der Waals surface area (Å²) in [6, 6.07) is 15.6. The molecule has 0 saturated carbocycles. The van der Waals surface area contributed by atoms with Crippen molar-refractivity contribution in [3.63, 3.8) is 0 Å². The second-order valence-corrected chi connectivity index (χ2v) is 9.47. The molecular formula is C33H30O9. The van der Waals surface area contributed by atoms with Gasteiger partial charge in [-0.05, 0) is 60.9 Å². The van der Waals surface area contributed by atoms with Crippen LogP contribution >= 0.6 is 0 Å². The predicted octanol–water partition coefficient (Wildman–Crippen LogP) is 5.86. The lowest BCUT2D eigenvalue weighted by atomic mass is 9.98. The molecule has 0 N–H and O–H groups in total. The molecule has 0 aliphatic carbocycles. The van der Waals surface area contributed by atoms with Crippen LogP contribution in [-0.4, -0.2) is 44.3 Å². The van der Waals surface area contributed by atoms with E-state index >= 15 is 0 Å². The Morgan fingerprint density at radius 3 is 1.90 bits per heavy atom. The van der Waals surface area contributed by atoms with Gasteiger partial charge >= 0.3 is 17.9 Å². The molecule has 1 aliphatic heterocycles. The van der Waals surface area contributed by atoms with E-state index in [9.17, 15) is 14.4 Å². The Balaban J connectivity index is 1.76. The third-order valence-electron chi connectivity index (χ3n) is 6.04. The maximum Gasteiger partial charge on any atom is 0.338 e. The lowest BCUT2D eigenvalue weighted by Gasteiger charge is -2.16. The van der Waals surface area contributed by atoms with E-state index in [4.69, 9.17) is 28.4 Å². The van der Waals surface area contributed by atoms with E-state index in [1.807, 2.05) is 24.3 Å². The number of ether oxygens (including phenoxy) is 6. The van der Waals surface area contributed by atoms with Gasteiger partial charge in [0, 0.05) is 22.8 Å². The molecule has 3 aromatic carbocycles. The van der Waals surface area contributed by atoms with Gasteiger partial charge in [0.15, 0.2) is 23.0 Å². The number of esters is 3. The molecule has 0 bridgehead atoms. The quantitative estimate of drug-likeness (QED) is 0.114. The molecule has 9 heteroatoms. The summed E-state index contributed by atoms with van der Waals surface area (Å²) in [7, 11) is 1.48. The van der Waals surface area contributed by atoms with Crippen LogP contribution in [0, 0.1) is 0 Å². The van der Waals surface area contributed by atoms with Gasteiger partial charge < -0.3 is 28.4 Å². The lowest BCUT2D eigenvalue weighted by Crippen LogP contribution is -2.13. The van der Waals surface area contributed by atoms with Gasteiger partial charge in [0.05, 0.1) is 13.7 Å². The Kier molecular flexibility index (Phi) is 9.24. The van der Waals surface area contributed by atoms with E-state index in [-0.39, 0.29) is 34.5 Å². The second kappa shape index (κ2) is 13.0. The van der Waals surface area contributed by atoms with E-state index in [0.29, 0.717) is 35.8 Å². The van der Waals surface area contributed by atoms with Gasteiger partial charge in [0.2, 0.25) is 0 Å². The molecule has 3 aromatic rings. The molecule has 9 nitrogen and oxygen atoms in total. The first kappa shape index (κ1) is 29.8. The molecule has 216 valence electrons. The van der Waals surface area contributed by atoms with Gasteiger partial charge in [0.25, 0.3) is 0 Å². The van der Waals surface area contributed by atoms with Crippen molar-refractivity contribution in [1.82, 2.24) is 0 Å². The SMILES string of the molecule is C=CC(=O)Oc1cc(-c2ccc(-c3ccc(OC(=O)C(=C)C)c(OC(=O)C(=C)C)c3)c(OCC3CO3)c2)ccc1OC. The van der Waals surface area contributed by atoms with Crippen molar-refractivity contribution in [2.24, 2.45) is 0 Å². The molecule has 0 spiro atoms. The summed E-state index contributed by atoms with van der Waals surface area (Å²) in [6.45, 7) is 14.6. The molecule has 1 unspecified atom stereocenters. The molecule has 0 radical (unpaired) electrons. The number of carbonyl (C=O) groups is 3. The fourth-order valence-corrected chi connectivity index (χ4v) is 3.71. The van der Waals surface area contributed by atoms with Crippen molar-refractivity contribution in [2.75, 3.05) is 20.3 Å². The molecular weight excluding hydrogens is 540 g/mol. The number of rotatable bonds is 12. The highest BCUT2D eigenvalue weighted by Crippen LogP contribution is 2.40. The van der Waals surface area contributed by atoms with Crippen LogP contribution in [0.15, 0.2) is 91.6 Å². The minimum atomic E-state index is -0.676. The van der Waals surface area contributed by atoms with Gasteiger partial charge in [-0.1, -0.05) is 44.0 Å². The normalized spacial score (nSPS) is 13.4. The third kappa shape index (κ3) is 7.32. The maximum atomic E-state index is 12.4. The average molecular weight is 571 g/mol. The average Bonchev–Trinajstić information content (AvgIpc) is 3.81. The Morgan fingerprint density at radius 1 is 0.786 bits per heavy atom. The van der Waals surface area contributed by atoms with Crippen LogP contribution in [0.3, 0.4) is 0 Å². The number of carbonyl (C=O) groups excluding carboxylic acids is 3. The van der Waals surface area contributed by atoms with Crippen molar-refractivity contribution < 1.29 is 42.8 Å². The number of methoxy groups -OCH3 is 1. The van der Waals surface area contributed by atoms with E-state index in [1.54, 1.807) is 24.3 Å². The number of hydrogen-bond donors (Lipinski definition) is 0. The van der Waals surface area contributed by atoms with Crippen molar-refractivity contribution in [1.29, 1.82) is 0 Å².